The number of fused-ring (bicyclic) bond motifs is 6. The van der Waals surface area contributed by atoms with Crippen molar-refractivity contribution in [1.29, 1.82) is 5.26 Å². The Labute approximate surface area is 145 Å². The second-order valence-corrected chi connectivity index (χ2v) is 10.1. The zero-order valence-corrected chi connectivity index (χ0v) is 15.1. The molecule has 0 radical (unpaired) electrons. The molecule has 6 atom stereocenters. The lowest BCUT2D eigenvalue weighted by Crippen LogP contribution is -2.50. The predicted molar refractivity (Wildman–Crippen MR) is 92.9 cm³/mol. The number of nitrogens with zero attached hydrogens (tertiary/aromatic N) is 1. The minimum Gasteiger partial charge on any atom is -0.295 e. The van der Waals surface area contributed by atoms with E-state index in [0.717, 1.165) is 37.0 Å². The third kappa shape index (κ3) is 1.69. The lowest BCUT2D eigenvalue weighted by molar-refractivity contribution is -0.116. The van der Waals surface area contributed by atoms with E-state index in [2.05, 4.69) is 26.0 Å². The minimum atomic E-state index is -0.127. The molecular formula is C22H29NO. The highest BCUT2D eigenvalue weighted by molar-refractivity contribution is 5.91. The van der Waals surface area contributed by atoms with Gasteiger partial charge in [-0.1, -0.05) is 12.5 Å². The Hall–Kier alpha value is -1.10. The minimum absolute atomic E-state index is 0.127. The van der Waals surface area contributed by atoms with E-state index >= 15 is 0 Å². The number of carbonyl (C=O) groups excluding carboxylic acids is 1. The Morgan fingerprint density at radius 1 is 1.08 bits per heavy atom. The Morgan fingerprint density at radius 2 is 1.88 bits per heavy atom. The van der Waals surface area contributed by atoms with Crippen LogP contribution in [0.1, 0.15) is 71.6 Å². The summed E-state index contributed by atoms with van der Waals surface area (Å²) in [6.07, 6.45) is 12.7. The van der Waals surface area contributed by atoms with Crippen molar-refractivity contribution in [2.75, 3.05) is 0 Å². The van der Waals surface area contributed by atoms with Crippen LogP contribution in [0.2, 0.25) is 0 Å². The molecule has 0 bridgehead atoms. The molecule has 128 valence electrons. The van der Waals surface area contributed by atoms with E-state index in [1.807, 2.05) is 0 Å². The van der Waals surface area contributed by atoms with E-state index in [1.54, 1.807) is 5.57 Å². The quantitative estimate of drug-likeness (QED) is 0.626. The summed E-state index contributed by atoms with van der Waals surface area (Å²) in [7, 11) is 0. The number of nitriles is 1. The van der Waals surface area contributed by atoms with Gasteiger partial charge in [0.05, 0.1) is 11.5 Å². The van der Waals surface area contributed by atoms with Gasteiger partial charge in [-0.2, -0.15) is 5.26 Å². The van der Waals surface area contributed by atoms with Crippen molar-refractivity contribution in [2.45, 2.75) is 71.6 Å². The maximum Gasteiger partial charge on any atom is 0.155 e. The van der Waals surface area contributed by atoms with Gasteiger partial charge in [-0.05, 0) is 98.9 Å². The molecule has 5 rings (SSSR count). The molecule has 2 heteroatoms. The van der Waals surface area contributed by atoms with Gasteiger partial charge in [0.25, 0.3) is 0 Å². The lowest BCUT2D eigenvalue weighted by atomic mass is 9.47. The number of carbonyl (C=O) groups is 1. The number of hydrogen-bond donors (Lipinski definition) is 0. The molecule has 1 spiro atoms. The molecule has 4 saturated carbocycles. The SMILES string of the molecule is CC12CCC3C4CCC(=O)C=C4C4(CC4)CC3C1CC[C@]2(C)C#N. The Morgan fingerprint density at radius 3 is 2.58 bits per heavy atom. The summed E-state index contributed by atoms with van der Waals surface area (Å²) in [5, 5.41) is 9.86. The van der Waals surface area contributed by atoms with Crippen LogP contribution < -0.4 is 0 Å². The van der Waals surface area contributed by atoms with Crippen LogP contribution in [0.5, 0.6) is 0 Å². The van der Waals surface area contributed by atoms with E-state index in [-0.39, 0.29) is 10.8 Å². The molecule has 0 aromatic rings. The maximum absolute atomic E-state index is 12.0. The first kappa shape index (κ1) is 15.2. The standard InChI is InChI=1S/C22H29NO/c1-20(13-23)7-6-18-17-12-22(9-10-22)19-11-14(24)3-4-16(19)15(17)5-8-21(18,20)2/h11,15-18H,3-10,12H2,1-2H3/t15?,16?,17?,18?,20-,21?/m1/s1. The van der Waals surface area contributed by atoms with Gasteiger partial charge in [0.15, 0.2) is 5.78 Å². The molecule has 0 N–H and O–H groups in total. The summed E-state index contributed by atoms with van der Waals surface area (Å²) >= 11 is 0. The summed E-state index contributed by atoms with van der Waals surface area (Å²) in [5.41, 5.74) is 2.04. The molecule has 0 amide bonds. The van der Waals surface area contributed by atoms with Crippen LogP contribution in [0.15, 0.2) is 11.6 Å². The van der Waals surface area contributed by atoms with Crippen LogP contribution in [-0.2, 0) is 4.79 Å². The van der Waals surface area contributed by atoms with E-state index < -0.39 is 0 Å². The van der Waals surface area contributed by atoms with Crippen LogP contribution >= 0.6 is 0 Å². The van der Waals surface area contributed by atoms with E-state index in [4.69, 9.17) is 0 Å². The highest BCUT2D eigenvalue weighted by Gasteiger charge is 2.65. The Balaban J connectivity index is 1.54. The van der Waals surface area contributed by atoms with Gasteiger partial charge in [0, 0.05) is 6.42 Å². The molecule has 5 aliphatic carbocycles. The number of ketones is 1. The summed E-state index contributed by atoms with van der Waals surface area (Å²) in [5.74, 6) is 3.39. The van der Waals surface area contributed by atoms with Gasteiger partial charge < -0.3 is 0 Å². The average Bonchev–Trinajstić information content (AvgIpc) is 3.28. The number of allylic oxidation sites excluding steroid dienone is 1. The largest absolute Gasteiger partial charge is 0.295 e. The molecule has 0 aromatic heterocycles. The fourth-order valence-corrected chi connectivity index (χ4v) is 7.57. The van der Waals surface area contributed by atoms with Crippen LogP contribution in [-0.4, -0.2) is 5.78 Å². The van der Waals surface area contributed by atoms with Crippen LogP contribution in [0.25, 0.3) is 0 Å². The van der Waals surface area contributed by atoms with E-state index in [9.17, 15) is 10.1 Å². The zero-order chi connectivity index (χ0) is 16.7. The van der Waals surface area contributed by atoms with Gasteiger partial charge in [0.1, 0.15) is 0 Å². The first-order valence-corrected chi connectivity index (χ1v) is 10.1. The van der Waals surface area contributed by atoms with Gasteiger partial charge in [-0.3, -0.25) is 4.79 Å². The Bertz CT molecular complexity index is 681. The van der Waals surface area contributed by atoms with Gasteiger partial charge in [0.2, 0.25) is 0 Å². The van der Waals surface area contributed by atoms with Crippen molar-refractivity contribution in [2.24, 2.45) is 39.9 Å². The second-order valence-electron chi connectivity index (χ2n) is 10.1. The van der Waals surface area contributed by atoms with E-state index in [0.29, 0.717) is 17.1 Å². The Kier molecular flexibility index (Phi) is 2.87. The van der Waals surface area contributed by atoms with E-state index in [1.165, 1.54) is 38.5 Å². The van der Waals surface area contributed by atoms with Crippen molar-refractivity contribution >= 4 is 5.78 Å². The summed E-state index contributed by atoms with van der Waals surface area (Å²) in [6.45, 7) is 4.66. The van der Waals surface area contributed by atoms with Crippen LogP contribution in [0.4, 0.5) is 0 Å². The highest BCUT2D eigenvalue weighted by Crippen LogP contribution is 2.73. The summed E-state index contributed by atoms with van der Waals surface area (Å²) in [4.78, 5) is 12.0. The van der Waals surface area contributed by atoms with Gasteiger partial charge in [-0.25, -0.2) is 0 Å². The molecule has 4 fully saturated rings. The molecule has 5 unspecified atom stereocenters. The maximum atomic E-state index is 12.0. The first-order chi connectivity index (χ1) is 11.4. The normalized spacial score (nSPS) is 51.2. The molecular weight excluding hydrogens is 294 g/mol. The zero-order valence-electron chi connectivity index (χ0n) is 15.1. The molecule has 0 aliphatic heterocycles. The monoisotopic (exact) mass is 323 g/mol. The van der Waals surface area contributed by atoms with Gasteiger partial charge in [-0.15, -0.1) is 0 Å². The molecule has 2 nitrogen and oxygen atoms in total. The predicted octanol–water partition coefficient (Wildman–Crippen LogP) is 5.05. The van der Waals surface area contributed by atoms with Crippen LogP contribution in [0.3, 0.4) is 0 Å². The summed E-state index contributed by atoms with van der Waals surface area (Å²) in [6, 6.07) is 2.72. The molecule has 5 aliphatic rings. The second kappa shape index (κ2) is 4.54. The third-order valence-corrected chi connectivity index (χ3v) is 9.37. The molecule has 0 heterocycles. The van der Waals surface area contributed by atoms with Crippen molar-refractivity contribution in [1.82, 2.24) is 0 Å². The molecule has 0 saturated heterocycles. The fourth-order valence-electron chi connectivity index (χ4n) is 7.57. The fraction of sp³-hybridized carbons (Fsp3) is 0.818. The average molecular weight is 323 g/mol. The molecule has 24 heavy (non-hydrogen) atoms. The smallest absolute Gasteiger partial charge is 0.155 e. The van der Waals surface area contributed by atoms with Crippen molar-refractivity contribution in [3.63, 3.8) is 0 Å². The van der Waals surface area contributed by atoms with Gasteiger partial charge >= 0.3 is 0 Å². The number of rotatable bonds is 0. The van der Waals surface area contributed by atoms with Crippen LogP contribution in [0, 0.1) is 51.2 Å². The third-order valence-electron chi connectivity index (χ3n) is 9.37. The van der Waals surface area contributed by atoms with Crippen molar-refractivity contribution < 1.29 is 4.79 Å². The molecule has 0 aromatic carbocycles. The number of hydrogen-bond acceptors (Lipinski definition) is 2. The highest BCUT2D eigenvalue weighted by atomic mass is 16.1. The van der Waals surface area contributed by atoms with Crippen molar-refractivity contribution in [3.05, 3.63) is 11.6 Å². The lowest BCUT2D eigenvalue weighted by Gasteiger charge is -2.57. The van der Waals surface area contributed by atoms with Crippen molar-refractivity contribution in [3.8, 4) is 6.07 Å². The topological polar surface area (TPSA) is 40.9 Å². The first-order valence-electron chi connectivity index (χ1n) is 10.1. The summed E-state index contributed by atoms with van der Waals surface area (Å²) < 4.78 is 0.